The second-order valence-corrected chi connectivity index (χ2v) is 6.65. The highest BCUT2D eigenvalue weighted by Gasteiger charge is 2.35. The van der Waals surface area contributed by atoms with Crippen molar-refractivity contribution in [2.75, 3.05) is 20.2 Å². The van der Waals surface area contributed by atoms with Crippen molar-refractivity contribution < 1.29 is 4.74 Å². The average Bonchev–Trinajstić information content (AvgIpc) is 2.98. The molecule has 1 heterocycles. The van der Waals surface area contributed by atoms with Crippen LogP contribution in [0.1, 0.15) is 29.0 Å². The number of likely N-dealkylation sites (tertiary alicyclic amines) is 1. The van der Waals surface area contributed by atoms with Crippen LogP contribution in [0.25, 0.3) is 0 Å². The van der Waals surface area contributed by atoms with Crippen LogP contribution in [0.4, 0.5) is 0 Å². The van der Waals surface area contributed by atoms with Gasteiger partial charge in [0.15, 0.2) is 0 Å². The molecule has 1 fully saturated rings. The van der Waals surface area contributed by atoms with Gasteiger partial charge in [0.1, 0.15) is 5.75 Å². The largest absolute Gasteiger partial charge is 0.496 e. The number of ether oxygens (including phenoxy) is 1. The molecule has 0 radical (unpaired) electrons. The SMILES string of the molecule is COc1ccc(C)cc1[C@@H]1CN(Cc2ccccc2)C[C@@H]1CC#N. The first-order valence-electron chi connectivity index (χ1n) is 8.49. The minimum atomic E-state index is 0.350. The maximum absolute atomic E-state index is 9.25. The maximum atomic E-state index is 9.25. The van der Waals surface area contributed by atoms with Gasteiger partial charge in [0.25, 0.3) is 0 Å². The normalized spacial score (nSPS) is 20.7. The molecule has 2 atom stereocenters. The first kappa shape index (κ1) is 16.5. The Bertz CT molecular complexity index is 720. The summed E-state index contributed by atoms with van der Waals surface area (Å²) in [5.74, 6) is 1.65. The zero-order chi connectivity index (χ0) is 16.9. The Hall–Kier alpha value is -2.31. The van der Waals surface area contributed by atoms with Crippen LogP contribution in [0.3, 0.4) is 0 Å². The molecular formula is C21H24N2O. The van der Waals surface area contributed by atoms with Crippen molar-refractivity contribution in [2.45, 2.75) is 25.8 Å². The Morgan fingerprint density at radius 3 is 2.67 bits per heavy atom. The van der Waals surface area contributed by atoms with Gasteiger partial charge in [-0.05, 0) is 30.0 Å². The minimum Gasteiger partial charge on any atom is -0.496 e. The Morgan fingerprint density at radius 1 is 1.17 bits per heavy atom. The number of nitrogens with zero attached hydrogens (tertiary/aromatic N) is 2. The van der Waals surface area contributed by atoms with Gasteiger partial charge in [0.2, 0.25) is 0 Å². The van der Waals surface area contributed by atoms with Crippen molar-refractivity contribution in [3.63, 3.8) is 0 Å². The molecule has 0 saturated carbocycles. The van der Waals surface area contributed by atoms with Crippen LogP contribution in [0.15, 0.2) is 48.5 Å². The molecule has 1 aliphatic rings. The average molecular weight is 320 g/mol. The van der Waals surface area contributed by atoms with E-state index in [9.17, 15) is 5.26 Å². The molecule has 124 valence electrons. The Balaban J connectivity index is 1.84. The smallest absolute Gasteiger partial charge is 0.122 e. The van der Waals surface area contributed by atoms with E-state index in [1.54, 1.807) is 7.11 Å². The van der Waals surface area contributed by atoms with E-state index in [1.165, 1.54) is 16.7 Å². The maximum Gasteiger partial charge on any atom is 0.122 e. The van der Waals surface area contributed by atoms with E-state index in [2.05, 4.69) is 54.3 Å². The van der Waals surface area contributed by atoms with E-state index >= 15 is 0 Å². The zero-order valence-corrected chi connectivity index (χ0v) is 14.4. The van der Waals surface area contributed by atoms with Crippen molar-refractivity contribution in [3.05, 3.63) is 65.2 Å². The summed E-state index contributed by atoms with van der Waals surface area (Å²) in [6.45, 7) is 4.98. The number of methoxy groups -OCH3 is 1. The van der Waals surface area contributed by atoms with Gasteiger partial charge in [-0.25, -0.2) is 0 Å². The lowest BCUT2D eigenvalue weighted by atomic mass is 9.86. The van der Waals surface area contributed by atoms with Crippen LogP contribution in [0.2, 0.25) is 0 Å². The quantitative estimate of drug-likeness (QED) is 0.831. The zero-order valence-electron chi connectivity index (χ0n) is 14.4. The topological polar surface area (TPSA) is 36.3 Å². The van der Waals surface area contributed by atoms with Crippen molar-refractivity contribution >= 4 is 0 Å². The molecule has 2 aromatic carbocycles. The lowest BCUT2D eigenvalue weighted by molar-refractivity contribution is 0.316. The highest BCUT2D eigenvalue weighted by molar-refractivity contribution is 5.40. The van der Waals surface area contributed by atoms with Gasteiger partial charge in [0.05, 0.1) is 13.2 Å². The summed E-state index contributed by atoms with van der Waals surface area (Å²) in [6, 6.07) is 19.3. The van der Waals surface area contributed by atoms with Crippen LogP contribution in [-0.2, 0) is 6.54 Å². The summed E-state index contributed by atoms with van der Waals surface area (Å²) in [6.07, 6.45) is 0.590. The molecule has 0 aromatic heterocycles. The van der Waals surface area contributed by atoms with Gasteiger partial charge >= 0.3 is 0 Å². The predicted molar refractivity (Wildman–Crippen MR) is 95.9 cm³/mol. The van der Waals surface area contributed by atoms with Gasteiger partial charge in [0, 0.05) is 32.0 Å². The Morgan fingerprint density at radius 2 is 1.96 bits per heavy atom. The van der Waals surface area contributed by atoms with Crippen LogP contribution in [-0.4, -0.2) is 25.1 Å². The second-order valence-electron chi connectivity index (χ2n) is 6.65. The van der Waals surface area contributed by atoms with E-state index in [-0.39, 0.29) is 0 Å². The van der Waals surface area contributed by atoms with Crippen molar-refractivity contribution in [1.29, 1.82) is 5.26 Å². The molecule has 0 aliphatic carbocycles. The third-order valence-electron chi connectivity index (χ3n) is 4.90. The second kappa shape index (κ2) is 7.51. The molecule has 0 spiro atoms. The first-order valence-corrected chi connectivity index (χ1v) is 8.49. The Labute approximate surface area is 144 Å². The predicted octanol–water partition coefficient (Wildman–Crippen LogP) is 4.13. The molecule has 2 aromatic rings. The van der Waals surface area contributed by atoms with Crippen LogP contribution in [0.5, 0.6) is 5.75 Å². The number of aryl methyl sites for hydroxylation is 1. The van der Waals surface area contributed by atoms with Gasteiger partial charge in [-0.15, -0.1) is 0 Å². The number of hydrogen-bond donors (Lipinski definition) is 0. The van der Waals surface area contributed by atoms with Crippen LogP contribution < -0.4 is 4.74 Å². The fourth-order valence-corrected chi connectivity index (χ4v) is 3.75. The van der Waals surface area contributed by atoms with Crippen LogP contribution >= 0.6 is 0 Å². The molecule has 0 bridgehead atoms. The lowest BCUT2D eigenvalue weighted by Crippen LogP contribution is -2.20. The number of nitriles is 1. The summed E-state index contributed by atoms with van der Waals surface area (Å²) < 4.78 is 5.59. The molecule has 24 heavy (non-hydrogen) atoms. The third kappa shape index (κ3) is 3.60. The van der Waals surface area contributed by atoms with Gasteiger partial charge in [-0.2, -0.15) is 5.26 Å². The van der Waals surface area contributed by atoms with E-state index < -0.39 is 0 Å². The number of hydrogen-bond acceptors (Lipinski definition) is 3. The van der Waals surface area contributed by atoms with Crippen molar-refractivity contribution in [3.8, 4) is 11.8 Å². The number of rotatable bonds is 5. The van der Waals surface area contributed by atoms with E-state index in [0.29, 0.717) is 18.3 Å². The fraction of sp³-hybridized carbons (Fsp3) is 0.381. The summed E-state index contributed by atoms with van der Waals surface area (Å²) in [5, 5.41) is 9.25. The van der Waals surface area contributed by atoms with Gasteiger partial charge in [-0.1, -0.05) is 48.0 Å². The molecule has 1 aliphatic heterocycles. The van der Waals surface area contributed by atoms with E-state index in [0.717, 1.165) is 25.4 Å². The molecule has 0 unspecified atom stereocenters. The molecule has 3 nitrogen and oxygen atoms in total. The summed E-state index contributed by atoms with van der Waals surface area (Å²) in [7, 11) is 1.73. The molecule has 3 rings (SSSR count). The molecule has 1 saturated heterocycles. The molecular weight excluding hydrogens is 296 g/mol. The van der Waals surface area contributed by atoms with E-state index in [4.69, 9.17) is 4.74 Å². The summed E-state index contributed by atoms with van der Waals surface area (Å²) >= 11 is 0. The number of benzene rings is 2. The molecule has 3 heteroatoms. The fourth-order valence-electron chi connectivity index (χ4n) is 3.75. The van der Waals surface area contributed by atoms with Crippen molar-refractivity contribution in [2.24, 2.45) is 5.92 Å². The highest BCUT2D eigenvalue weighted by Crippen LogP contribution is 2.39. The van der Waals surface area contributed by atoms with Gasteiger partial charge < -0.3 is 4.74 Å². The summed E-state index contributed by atoms with van der Waals surface area (Å²) in [5.41, 5.74) is 3.81. The van der Waals surface area contributed by atoms with E-state index in [1.807, 2.05) is 12.1 Å². The standard InChI is InChI=1S/C21H24N2O/c1-16-8-9-21(24-2)19(12-16)20-15-23(14-18(20)10-11-22)13-17-6-4-3-5-7-17/h3-9,12,18,20H,10,13-15H2,1-2H3/t18-,20+/m0/s1. The first-order chi connectivity index (χ1) is 11.7. The van der Waals surface area contributed by atoms with Gasteiger partial charge in [-0.3, -0.25) is 4.90 Å². The highest BCUT2D eigenvalue weighted by atomic mass is 16.5. The van der Waals surface area contributed by atoms with Crippen LogP contribution in [0, 0.1) is 24.2 Å². The minimum absolute atomic E-state index is 0.350. The lowest BCUT2D eigenvalue weighted by Gasteiger charge is -2.20. The Kier molecular flexibility index (Phi) is 5.17. The molecule has 0 N–H and O–H groups in total. The summed E-state index contributed by atoms with van der Waals surface area (Å²) in [4.78, 5) is 2.46. The van der Waals surface area contributed by atoms with Crippen molar-refractivity contribution in [1.82, 2.24) is 4.90 Å². The third-order valence-corrected chi connectivity index (χ3v) is 4.90. The molecule has 0 amide bonds. The monoisotopic (exact) mass is 320 g/mol.